The first-order chi connectivity index (χ1) is 15.8. The third-order valence-electron chi connectivity index (χ3n) is 6.69. The van der Waals surface area contributed by atoms with Crippen LogP contribution in [-0.2, 0) is 16.0 Å². The van der Waals surface area contributed by atoms with Crippen LogP contribution in [0, 0.1) is 17.7 Å². The minimum atomic E-state index is -0.404. The van der Waals surface area contributed by atoms with Crippen molar-refractivity contribution in [2.45, 2.75) is 51.5 Å². The number of anilines is 1. The van der Waals surface area contributed by atoms with Crippen LogP contribution in [0.1, 0.15) is 45.2 Å². The summed E-state index contributed by atoms with van der Waals surface area (Å²) in [4.78, 5) is 21.7. The summed E-state index contributed by atoms with van der Waals surface area (Å²) < 4.78 is 19.8. The summed E-state index contributed by atoms with van der Waals surface area (Å²) in [6.07, 6.45) is 5.54. The lowest BCUT2D eigenvalue weighted by Gasteiger charge is -2.35. The smallest absolute Gasteiger partial charge is 0.165 e. The highest BCUT2D eigenvalue weighted by Gasteiger charge is 2.30. The van der Waals surface area contributed by atoms with Gasteiger partial charge in [0.2, 0.25) is 0 Å². The van der Waals surface area contributed by atoms with Crippen molar-refractivity contribution in [1.82, 2.24) is 15.3 Å². The summed E-state index contributed by atoms with van der Waals surface area (Å²) >= 11 is 6.41. The van der Waals surface area contributed by atoms with E-state index < -0.39 is 5.82 Å². The van der Waals surface area contributed by atoms with Gasteiger partial charge in [0.15, 0.2) is 11.6 Å². The van der Waals surface area contributed by atoms with Crippen molar-refractivity contribution in [3.05, 3.63) is 40.9 Å². The molecule has 2 aliphatic rings. The minimum Gasteiger partial charge on any atom is -0.381 e. The van der Waals surface area contributed by atoms with E-state index in [2.05, 4.69) is 34.4 Å². The van der Waals surface area contributed by atoms with E-state index >= 15 is 0 Å². The number of Topliss-reactive ketones (excluding diaryl/α,β-unsaturated/α-hetero) is 1. The quantitative estimate of drug-likeness (QED) is 0.607. The number of hydrogen-bond donors (Lipinski definition) is 2. The molecule has 2 N–H and O–H groups in total. The molecule has 0 saturated carbocycles. The van der Waals surface area contributed by atoms with E-state index in [0.717, 1.165) is 38.9 Å². The highest BCUT2D eigenvalue weighted by molar-refractivity contribution is 6.33. The van der Waals surface area contributed by atoms with Crippen LogP contribution >= 0.6 is 11.6 Å². The van der Waals surface area contributed by atoms with E-state index in [0.29, 0.717) is 41.0 Å². The summed E-state index contributed by atoms with van der Waals surface area (Å²) in [6.45, 7) is 7.13. The normalized spacial score (nSPS) is 21.0. The van der Waals surface area contributed by atoms with Gasteiger partial charge in [-0.05, 0) is 63.6 Å². The number of piperidine rings is 1. The predicted molar refractivity (Wildman–Crippen MR) is 128 cm³/mol. The molecular weight excluding hydrogens is 443 g/mol. The zero-order valence-electron chi connectivity index (χ0n) is 19.3. The van der Waals surface area contributed by atoms with Gasteiger partial charge in [-0.3, -0.25) is 9.78 Å². The van der Waals surface area contributed by atoms with Gasteiger partial charge in [0.05, 0.1) is 10.7 Å². The maximum Gasteiger partial charge on any atom is 0.165 e. The van der Waals surface area contributed by atoms with Crippen LogP contribution in [-0.4, -0.2) is 47.6 Å². The van der Waals surface area contributed by atoms with Crippen LogP contribution in [0.4, 0.5) is 10.2 Å². The van der Waals surface area contributed by atoms with E-state index in [9.17, 15) is 9.18 Å². The number of aromatic nitrogens is 2. The molecule has 2 fully saturated rings. The molecule has 0 amide bonds. The van der Waals surface area contributed by atoms with Crippen molar-refractivity contribution in [1.29, 1.82) is 0 Å². The lowest BCUT2D eigenvalue weighted by Crippen LogP contribution is -2.48. The largest absolute Gasteiger partial charge is 0.381 e. The van der Waals surface area contributed by atoms with Gasteiger partial charge in [0.1, 0.15) is 5.78 Å². The Hall–Kier alpha value is -2.09. The molecule has 2 saturated heterocycles. The first-order valence-electron chi connectivity index (χ1n) is 11.7. The molecule has 0 aliphatic carbocycles. The molecular formula is C25H32ClFN4O2. The molecule has 1 atom stereocenters. The number of halogens is 2. The van der Waals surface area contributed by atoms with Gasteiger partial charge in [-0.1, -0.05) is 11.6 Å². The van der Waals surface area contributed by atoms with E-state index in [4.69, 9.17) is 16.3 Å². The first-order valence-corrected chi connectivity index (χ1v) is 12.1. The number of nitrogens with zero attached hydrogens (tertiary/aromatic N) is 2. The molecule has 2 aliphatic heterocycles. The van der Waals surface area contributed by atoms with Crippen molar-refractivity contribution in [3.8, 4) is 11.3 Å². The van der Waals surface area contributed by atoms with Gasteiger partial charge < -0.3 is 15.4 Å². The topological polar surface area (TPSA) is 76.1 Å². The Labute approximate surface area is 199 Å². The number of carbonyl (C=O) groups excluding carboxylic acids is 1. The molecule has 178 valence electrons. The fourth-order valence-electron chi connectivity index (χ4n) is 4.41. The second-order valence-corrected chi connectivity index (χ2v) is 10.2. The van der Waals surface area contributed by atoms with Gasteiger partial charge in [0, 0.05) is 61.6 Å². The van der Waals surface area contributed by atoms with E-state index in [1.807, 2.05) is 0 Å². The molecule has 2 aromatic rings. The molecule has 4 rings (SSSR count). The minimum absolute atomic E-state index is 0.0103. The molecule has 4 heterocycles. The standard InChI is InChI=1S/C25H32ClFN4O2/c1-25(2)8-5-17(14-30-25)23(32)12-18-11-19(20(26)15-28-18)22-4-3-21(27)24(31-22)29-13-16-6-9-33-10-7-16/h3-4,11,15-17,30H,5-10,12-14H2,1-2H3,(H,29,31). The Balaban J connectivity index is 1.46. The molecule has 0 bridgehead atoms. The number of nitrogens with one attached hydrogen (secondary N) is 2. The Morgan fingerprint density at radius 2 is 2.09 bits per heavy atom. The molecule has 0 radical (unpaired) electrons. The summed E-state index contributed by atoms with van der Waals surface area (Å²) in [5, 5.41) is 7.01. The average Bonchev–Trinajstić information content (AvgIpc) is 2.80. The number of rotatable bonds is 7. The zero-order chi connectivity index (χ0) is 23.4. The van der Waals surface area contributed by atoms with Crippen LogP contribution in [0.2, 0.25) is 5.02 Å². The number of ether oxygens (including phenoxy) is 1. The van der Waals surface area contributed by atoms with Gasteiger partial charge in [-0.25, -0.2) is 9.37 Å². The van der Waals surface area contributed by atoms with Gasteiger partial charge in [-0.15, -0.1) is 0 Å². The van der Waals surface area contributed by atoms with Crippen LogP contribution in [0.3, 0.4) is 0 Å². The molecule has 6 nitrogen and oxygen atoms in total. The van der Waals surface area contributed by atoms with Gasteiger partial charge >= 0.3 is 0 Å². The Kier molecular flexibility index (Phi) is 7.62. The van der Waals surface area contributed by atoms with Crippen LogP contribution in [0.15, 0.2) is 24.4 Å². The second kappa shape index (κ2) is 10.5. The molecule has 33 heavy (non-hydrogen) atoms. The Morgan fingerprint density at radius 3 is 2.82 bits per heavy atom. The Bertz CT molecular complexity index is 984. The average molecular weight is 475 g/mol. The van der Waals surface area contributed by atoms with Crippen molar-refractivity contribution >= 4 is 23.2 Å². The monoisotopic (exact) mass is 474 g/mol. The number of carbonyl (C=O) groups is 1. The number of ketones is 1. The highest BCUT2D eigenvalue weighted by Crippen LogP contribution is 2.30. The number of hydrogen-bond acceptors (Lipinski definition) is 6. The summed E-state index contributed by atoms with van der Waals surface area (Å²) in [6, 6.07) is 4.80. The van der Waals surface area contributed by atoms with Crippen LogP contribution < -0.4 is 10.6 Å². The predicted octanol–water partition coefficient (Wildman–Crippen LogP) is 4.66. The molecule has 8 heteroatoms. The van der Waals surface area contributed by atoms with Crippen LogP contribution in [0.5, 0.6) is 0 Å². The lowest BCUT2D eigenvalue weighted by molar-refractivity contribution is -0.123. The molecule has 0 aromatic carbocycles. The van der Waals surface area contributed by atoms with Crippen molar-refractivity contribution < 1.29 is 13.9 Å². The second-order valence-electron chi connectivity index (χ2n) is 9.76. The molecule has 0 spiro atoms. The van der Waals surface area contributed by atoms with Crippen molar-refractivity contribution in [2.75, 3.05) is 31.6 Å². The number of pyridine rings is 2. The fraction of sp³-hybridized carbons (Fsp3) is 0.560. The summed E-state index contributed by atoms with van der Waals surface area (Å²) in [7, 11) is 0. The third kappa shape index (κ3) is 6.28. The van der Waals surface area contributed by atoms with E-state index in [1.165, 1.54) is 6.07 Å². The molecule has 1 unspecified atom stereocenters. The lowest BCUT2D eigenvalue weighted by atomic mass is 9.84. The Morgan fingerprint density at radius 1 is 1.30 bits per heavy atom. The maximum atomic E-state index is 14.4. The van der Waals surface area contributed by atoms with Crippen molar-refractivity contribution in [2.24, 2.45) is 11.8 Å². The summed E-state index contributed by atoms with van der Waals surface area (Å²) in [5.41, 5.74) is 1.92. The van der Waals surface area contributed by atoms with Crippen LogP contribution in [0.25, 0.3) is 11.3 Å². The first kappa shape index (κ1) is 24.0. The van der Waals surface area contributed by atoms with Crippen molar-refractivity contribution in [3.63, 3.8) is 0 Å². The van der Waals surface area contributed by atoms with Gasteiger partial charge in [0.25, 0.3) is 0 Å². The fourth-order valence-corrected chi connectivity index (χ4v) is 4.61. The van der Waals surface area contributed by atoms with Gasteiger partial charge in [-0.2, -0.15) is 0 Å². The SMILES string of the molecule is CC1(C)CCC(C(=O)Cc2cc(-c3ccc(F)c(NCC4CCOCC4)n3)c(Cl)cn2)CN1. The summed E-state index contributed by atoms with van der Waals surface area (Å²) in [5.74, 6) is 0.402. The van der Waals surface area contributed by atoms with E-state index in [-0.39, 0.29) is 29.5 Å². The highest BCUT2D eigenvalue weighted by atomic mass is 35.5. The zero-order valence-corrected chi connectivity index (χ0v) is 20.1. The molecule has 2 aromatic heterocycles. The maximum absolute atomic E-state index is 14.4. The van der Waals surface area contributed by atoms with E-state index in [1.54, 1.807) is 18.3 Å². The third-order valence-corrected chi connectivity index (χ3v) is 6.99.